The van der Waals surface area contributed by atoms with E-state index >= 15 is 0 Å². The van der Waals surface area contributed by atoms with Crippen molar-refractivity contribution >= 4 is 10.2 Å². The summed E-state index contributed by atoms with van der Waals surface area (Å²) in [6, 6.07) is 0.675. The molecule has 2 fully saturated rings. The third-order valence-corrected chi connectivity index (χ3v) is 5.51. The Bertz CT molecular complexity index is 403. The lowest BCUT2D eigenvalue weighted by molar-refractivity contribution is 0.0248. The van der Waals surface area contributed by atoms with E-state index in [4.69, 9.17) is 4.74 Å². The van der Waals surface area contributed by atoms with Gasteiger partial charge in [0.2, 0.25) is 0 Å². The molecule has 2 N–H and O–H groups in total. The second kappa shape index (κ2) is 6.70. The summed E-state index contributed by atoms with van der Waals surface area (Å²) in [6.45, 7) is 4.45. The predicted octanol–water partition coefficient (Wildman–Crippen LogP) is 0.464. The Morgan fingerprint density at radius 2 is 2.15 bits per heavy atom. The summed E-state index contributed by atoms with van der Waals surface area (Å²) in [4.78, 5) is 0. The van der Waals surface area contributed by atoms with Crippen molar-refractivity contribution in [2.75, 3.05) is 33.3 Å². The van der Waals surface area contributed by atoms with Crippen molar-refractivity contribution in [2.45, 2.75) is 50.7 Å². The van der Waals surface area contributed by atoms with E-state index in [-0.39, 0.29) is 5.60 Å². The third-order valence-electron chi connectivity index (χ3n) is 4.00. The molecule has 0 bridgehead atoms. The van der Waals surface area contributed by atoms with Gasteiger partial charge in [-0.2, -0.15) is 17.4 Å². The molecule has 1 saturated heterocycles. The van der Waals surface area contributed by atoms with Crippen molar-refractivity contribution in [3.05, 3.63) is 0 Å². The Kier molecular flexibility index (Phi) is 5.42. The van der Waals surface area contributed by atoms with Gasteiger partial charge in [0.05, 0.1) is 5.60 Å². The number of ether oxygens (including phenoxy) is 1. The Labute approximate surface area is 122 Å². The summed E-state index contributed by atoms with van der Waals surface area (Å²) in [5, 5.41) is 3.38. The average Bonchev–Trinajstić information content (AvgIpc) is 3.13. The maximum absolute atomic E-state index is 12.1. The smallest absolute Gasteiger partial charge is 0.279 e. The monoisotopic (exact) mass is 305 g/mol. The molecule has 1 heterocycles. The SMILES string of the molecule is CN(CCCNC1CC1)S(=O)(=O)NCC1(C)CCCO1. The van der Waals surface area contributed by atoms with Crippen LogP contribution in [-0.4, -0.2) is 57.7 Å². The number of hydrogen-bond donors (Lipinski definition) is 2. The zero-order chi connectivity index (χ0) is 14.6. The van der Waals surface area contributed by atoms with Gasteiger partial charge in [-0.05, 0) is 45.6 Å². The zero-order valence-corrected chi connectivity index (χ0v) is 13.3. The molecule has 1 atom stereocenters. The summed E-state index contributed by atoms with van der Waals surface area (Å²) in [7, 11) is -1.77. The summed E-state index contributed by atoms with van der Waals surface area (Å²) >= 11 is 0. The number of rotatable bonds is 9. The molecule has 0 aromatic rings. The van der Waals surface area contributed by atoms with E-state index in [0.717, 1.165) is 32.4 Å². The minimum atomic E-state index is -3.40. The molecule has 0 amide bonds. The highest BCUT2D eigenvalue weighted by atomic mass is 32.2. The molecule has 1 unspecified atom stereocenters. The summed E-state index contributed by atoms with van der Waals surface area (Å²) in [6.07, 6.45) is 5.26. The maximum Gasteiger partial charge on any atom is 0.279 e. The molecule has 2 rings (SSSR count). The number of nitrogens with zero attached hydrogens (tertiary/aromatic N) is 1. The van der Waals surface area contributed by atoms with E-state index < -0.39 is 10.2 Å². The second-order valence-electron chi connectivity index (χ2n) is 6.13. The van der Waals surface area contributed by atoms with Gasteiger partial charge in [-0.3, -0.25) is 0 Å². The molecule has 1 saturated carbocycles. The molecule has 1 aliphatic heterocycles. The molecule has 118 valence electrons. The van der Waals surface area contributed by atoms with E-state index in [1.54, 1.807) is 7.05 Å². The number of nitrogens with one attached hydrogen (secondary N) is 2. The van der Waals surface area contributed by atoms with Crippen LogP contribution in [0.2, 0.25) is 0 Å². The zero-order valence-electron chi connectivity index (χ0n) is 12.5. The van der Waals surface area contributed by atoms with Gasteiger partial charge in [0.1, 0.15) is 0 Å². The molecule has 20 heavy (non-hydrogen) atoms. The van der Waals surface area contributed by atoms with Gasteiger partial charge in [0.25, 0.3) is 10.2 Å². The van der Waals surface area contributed by atoms with E-state index in [1.165, 1.54) is 17.1 Å². The Balaban J connectivity index is 1.67. The van der Waals surface area contributed by atoms with Gasteiger partial charge in [0, 0.05) is 32.8 Å². The largest absolute Gasteiger partial charge is 0.374 e. The highest BCUT2D eigenvalue weighted by Gasteiger charge is 2.31. The van der Waals surface area contributed by atoms with Crippen LogP contribution in [0.1, 0.15) is 39.0 Å². The maximum atomic E-state index is 12.1. The van der Waals surface area contributed by atoms with Crippen LogP contribution < -0.4 is 10.0 Å². The molecule has 2 aliphatic rings. The van der Waals surface area contributed by atoms with Crippen molar-refractivity contribution in [3.8, 4) is 0 Å². The first-order valence-electron chi connectivity index (χ1n) is 7.50. The second-order valence-corrected chi connectivity index (χ2v) is 7.99. The van der Waals surface area contributed by atoms with Crippen LogP contribution in [0.3, 0.4) is 0 Å². The molecule has 7 heteroatoms. The summed E-state index contributed by atoms with van der Waals surface area (Å²) in [5.41, 5.74) is -0.346. The van der Waals surface area contributed by atoms with Crippen LogP contribution in [0.15, 0.2) is 0 Å². The standard InChI is InChI=1S/C13H27N3O3S/c1-13(7-3-10-19-13)11-15-20(17,18)16(2)9-4-8-14-12-5-6-12/h12,14-15H,3-11H2,1-2H3. The predicted molar refractivity (Wildman–Crippen MR) is 78.8 cm³/mol. The minimum absolute atomic E-state index is 0.346. The molecule has 0 aromatic carbocycles. The van der Waals surface area contributed by atoms with Crippen molar-refractivity contribution < 1.29 is 13.2 Å². The quantitative estimate of drug-likeness (QED) is 0.607. The van der Waals surface area contributed by atoms with Crippen molar-refractivity contribution in [1.82, 2.24) is 14.3 Å². The van der Waals surface area contributed by atoms with Crippen LogP contribution in [0.25, 0.3) is 0 Å². The topological polar surface area (TPSA) is 70.7 Å². The average molecular weight is 305 g/mol. The van der Waals surface area contributed by atoms with Crippen LogP contribution in [0, 0.1) is 0 Å². The highest BCUT2D eigenvalue weighted by Crippen LogP contribution is 2.24. The van der Waals surface area contributed by atoms with Gasteiger partial charge >= 0.3 is 0 Å². The third kappa shape index (κ3) is 4.96. The van der Waals surface area contributed by atoms with E-state index in [1.807, 2.05) is 6.92 Å². The fourth-order valence-electron chi connectivity index (χ4n) is 2.35. The first-order valence-corrected chi connectivity index (χ1v) is 8.94. The lowest BCUT2D eigenvalue weighted by Gasteiger charge is -2.25. The highest BCUT2D eigenvalue weighted by molar-refractivity contribution is 7.87. The first-order chi connectivity index (χ1) is 9.41. The van der Waals surface area contributed by atoms with E-state index in [2.05, 4.69) is 10.0 Å². The Hall–Kier alpha value is -0.210. The molecule has 1 aliphatic carbocycles. The van der Waals surface area contributed by atoms with Crippen LogP contribution in [0.4, 0.5) is 0 Å². The van der Waals surface area contributed by atoms with Gasteiger partial charge < -0.3 is 10.1 Å². The van der Waals surface area contributed by atoms with Crippen molar-refractivity contribution in [2.24, 2.45) is 0 Å². The molecular formula is C13H27N3O3S. The fraction of sp³-hybridized carbons (Fsp3) is 1.00. The van der Waals surface area contributed by atoms with Crippen LogP contribution in [0.5, 0.6) is 0 Å². The van der Waals surface area contributed by atoms with Gasteiger partial charge in [-0.15, -0.1) is 0 Å². The van der Waals surface area contributed by atoms with Gasteiger partial charge in [-0.25, -0.2) is 0 Å². The molecule has 0 aromatic heterocycles. The van der Waals surface area contributed by atoms with E-state index in [0.29, 0.717) is 19.1 Å². The fourth-order valence-corrected chi connectivity index (χ4v) is 3.42. The van der Waals surface area contributed by atoms with E-state index in [9.17, 15) is 8.42 Å². The lowest BCUT2D eigenvalue weighted by atomic mass is 10.0. The van der Waals surface area contributed by atoms with Crippen molar-refractivity contribution in [3.63, 3.8) is 0 Å². The normalized spacial score (nSPS) is 27.4. The molecule has 0 spiro atoms. The summed E-state index contributed by atoms with van der Waals surface area (Å²) < 4.78 is 33.9. The minimum Gasteiger partial charge on any atom is -0.374 e. The Morgan fingerprint density at radius 3 is 2.75 bits per heavy atom. The van der Waals surface area contributed by atoms with Crippen LogP contribution >= 0.6 is 0 Å². The van der Waals surface area contributed by atoms with Crippen molar-refractivity contribution in [1.29, 1.82) is 0 Å². The lowest BCUT2D eigenvalue weighted by Crippen LogP contribution is -2.46. The molecule has 6 nitrogen and oxygen atoms in total. The van der Waals surface area contributed by atoms with Gasteiger partial charge in [-0.1, -0.05) is 0 Å². The molecule has 0 radical (unpaired) electrons. The first kappa shape index (κ1) is 16.2. The van der Waals surface area contributed by atoms with Crippen LogP contribution in [-0.2, 0) is 14.9 Å². The Morgan fingerprint density at radius 1 is 1.40 bits per heavy atom. The molecular weight excluding hydrogens is 278 g/mol. The van der Waals surface area contributed by atoms with Gasteiger partial charge in [0.15, 0.2) is 0 Å². The number of hydrogen-bond acceptors (Lipinski definition) is 4. The summed E-state index contributed by atoms with van der Waals surface area (Å²) in [5.74, 6) is 0.